The van der Waals surface area contributed by atoms with Crippen molar-refractivity contribution in [2.75, 3.05) is 26.1 Å². The molecule has 7 nitrogen and oxygen atoms in total. The maximum absolute atomic E-state index is 12.4. The van der Waals surface area contributed by atoms with Crippen molar-refractivity contribution in [2.24, 2.45) is 0 Å². The lowest BCUT2D eigenvalue weighted by molar-refractivity contribution is -0.118. The summed E-state index contributed by atoms with van der Waals surface area (Å²) in [5, 5.41) is 2.63. The summed E-state index contributed by atoms with van der Waals surface area (Å²) < 4.78 is 15.1. The standard InChI is InChI=1S/C22H25NO6/c1-22(2,3)17-8-6-7-9-18(17)29-13-19(24)23-16-11-14(20(25)27-4)10-15(12-16)21(26)28-5/h6-12H,13H2,1-5H3,(H,23,24). The Morgan fingerprint density at radius 3 is 1.97 bits per heavy atom. The molecule has 2 aromatic carbocycles. The van der Waals surface area contributed by atoms with E-state index in [-0.39, 0.29) is 28.8 Å². The summed E-state index contributed by atoms with van der Waals surface area (Å²) in [5.41, 5.74) is 1.33. The van der Waals surface area contributed by atoms with Gasteiger partial charge in [0.05, 0.1) is 25.3 Å². The van der Waals surface area contributed by atoms with Crippen molar-refractivity contribution in [3.05, 3.63) is 59.2 Å². The fraction of sp³-hybridized carbons (Fsp3) is 0.318. The van der Waals surface area contributed by atoms with Gasteiger partial charge in [0.2, 0.25) is 0 Å². The van der Waals surface area contributed by atoms with Gasteiger partial charge < -0.3 is 19.5 Å². The summed E-state index contributed by atoms with van der Waals surface area (Å²) in [5.74, 6) is -1.09. The number of methoxy groups -OCH3 is 2. The van der Waals surface area contributed by atoms with E-state index < -0.39 is 17.8 Å². The average molecular weight is 399 g/mol. The predicted octanol–water partition coefficient (Wildman–Crippen LogP) is 3.57. The van der Waals surface area contributed by atoms with E-state index in [2.05, 4.69) is 35.6 Å². The molecular weight excluding hydrogens is 374 g/mol. The molecule has 0 unspecified atom stereocenters. The number of nitrogens with one attached hydrogen (secondary N) is 1. The number of ether oxygens (including phenoxy) is 3. The Bertz CT molecular complexity index is 880. The number of para-hydroxylation sites is 1. The third-order valence-corrected chi connectivity index (χ3v) is 4.11. The van der Waals surface area contributed by atoms with Crippen LogP contribution in [0.3, 0.4) is 0 Å². The highest BCUT2D eigenvalue weighted by atomic mass is 16.5. The van der Waals surface area contributed by atoms with Gasteiger partial charge in [-0.1, -0.05) is 39.0 Å². The van der Waals surface area contributed by atoms with Gasteiger partial charge in [0.15, 0.2) is 6.61 Å². The molecule has 7 heteroatoms. The molecule has 0 aromatic heterocycles. The number of rotatable bonds is 6. The van der Waals surface area contributed by atoms with E-state index >= 15 is 0 Å². The number of amides is 1. The van der Waals surface area contributed by atoms with Crippen LogP contribution in [0.2, 0.25) is 0 Å². The van der Waals surface area contributed by atoms with Crippen LogP contribution >= 0.6 is 0 Å². The molecule has 2 rings (SSSR count). The molecule has 29 heavy (non-hydrogen) atoms. The van der Waals surface area contributed by atoms with Gasteiger partial charge >= 0.3 is 11.9 Å². The molecule has 1 amide bonds. The van der Waals surface area contributed by atoms with Crippen molar-refractivity contribution in [3.63, 3.8) is 0 Å². The molecule has 0 aliphatic carbocycles. The number of esters is 2. The van der Waals surface area contributed by atoms with E-state index in [0.29, 0.717) is 5.75 Å². The zero-order valence-corrected chi connectivity index (χ0v) is 17.2. The van der Waals surface area contributed by atoms with Crippen LogP contribution in [-0.4, -0.2) is 38.7 Å². The first kappa shape index (κ1) is 21.9. The smallest absolute Gasteiger partial charge is 0.337 e. The van der Waals surface area contributed by atoms with Gasteiger partial charge in [0.1, 0.15) is 5.75 Å². The van der Waals surface area contributed by atoms with Gasteiger partial charge in [-0.2, -0.15) is 0 Å². The normalized spacial score (nSPS) is 10.8. The van der Waals surface area contributed by atoms with Crippen molar-refractivity contribution in [2.45, 2.75) is 26.2 Å². The van der Waals surface area contributed by atoms with Gasteiger partial charge in [-0.15, -0.1) is 0 Å². The number of carbonyl (C=O) groups is 3. The van der Waals surface area contributed by atoms with Crippen LogP contribution < -0.4 is 10.1 Å². The van der Waals surface area contributed by atoms with E-state index in [4.69, 9.17) is 4.74 Å². The quantitative estimate of drug-likeness (QED) is 0.747. The maximum Gasteiger partial charge on any atom is 0.337 e. The Labute approximate surface area is 170 Å². The molecule has 0 aliphatic heterocycles. The van der Waals surface area contributed by atoms with Gasteiger partial charge in [0.25, 0.3) is 5.91 Å². The summed E-state index contributed by atoms with van der Waals surface area (Å²) in [6.45, 7) is 5.94. The molecule has 0 saturated carbocycles. The van der Waals surface area contributed by atoms with Gasteiger partial charge in [-0.25, -0.2) is 9.59 Å². The monoisotopic (exact) mass is 399 g/mol. The van der Waals surface area contributed by atoms with Crippen LogP contribution in [0.15, 0.2) is 42.5 Å². The lowest BCUT2D eigenvalue weighted by atomic mass is 9.86. The number of hydrogen-bond donors (Lipinski definition) is 1. The van der Waals surface area contributed by atoms with Crippen LogP contribution in [0.5, 0.6) is 5.75 Å². The SMILES string of the molecule is COC(=O)c1cc(NC(=O)COc2ccccc2C(C)(C)C)cc(C(=O)OC)c1. The molecule has 1 N–H and O–H groups in total. The third kappa shape index (κ3) is 5.81. The van der Waals surface area contributed by atoms with E-state index in [9.17, 15) is 14.4 Å². The highest BCUT2D eigenvalue weighted by molar-refractivity contribution is 5.99. The van der Waals surface area contributed by atoms with E-state index in [1.807, 2.05) is 18.2 Å². The summed E-state index contributed by atoms with van der Waals surface area (Å²) in [6, 6.07) is 11.7. The Balaban J connectivity index is 2.17. The summed E-state index contributed by atoms with van der Waals surface area (Å²) >= 11 is 0. The molecule has 0 radical (unpaired) electrons. The molecule has 0 fully saturated rings. The highest BCUT2D eigenvalue weighted by Crippen LogP contribution is 2.30. The minimum absolute atomic E-state index is 0.115. The Morgan fingerprint density at radius 2 is 1.45 bits per heavy atom. The predicted molar refractivity (Wildman–Crippen MR) is 108 cm³/mol. The Kier molecular flexibility index (Phi) is 6.98. The molecular formula is C22H25NO6. The first-order valence-electron chi connectivity index (χ1n) is 8.99. The molecule has 0 atom stereocenters. The van der Waals surface area contributed by atoms with E-state index in [1.165, 1.54) is 32.4 Å². The molecule has 154 valence electrons. The molecule has 0 saturated heterocycles. The van der Waals surface area contributed by atoms with Crippen LogP contribution in [0.25, 0.3) is 0 Å². The molecule has 0 heterocycles. The van der Waals surface area contributed by atoms with Crippen LogP contribution in [0.1, 0.15) is 47.1 Å². The molecule has 2 aromatic rings. The molecule has 0 bridgehead atoms. The van der Waals surface area contributed by atoms with E-state index in [0.717, 1.165) is 5.56 Å². The zero-order chi connectivity index (χ0) is 21.6. The van der Waals surface area contributed by atoms with Crippen LogP contribution in [0.4, 0.5) is 5.69 Å². The minimum atomic E-state index is -0.637. The number of hydrogen-bond acceptors (Lipinski definition) is 6. The number of anilines is 1. The number of benzene rings is 2. The summed E-state index contributed by atoms with van der Waals surface area (Å²) in [7, 11) is 2.46. The van der Waals surface area contributed by atoms with Crippen molar-refractivity contribution in [3.8, 4) is 5.75 Å². The third-order valence-electron chi connectivity index (χ3n) is 4.11. The van der Waals surface area contributed by atoms with Gasteiger partial charge in [-0.3, -0.25) is 4.79 Å². The molecule has 0 aliphatic rings. The highest BCUT2D eigenvalue weighted by Gasteiger charge is 2.19. The minimum Gasteiger partial charge on any atom is -0.483 e. The largest absolute Gasteiger partial charge is 0.483 e. The fourth-order valence-corrected chi connectivity index (χ4v) is 2.72. The van der Waals surface area contributed by atoms with Crippen molar-refractivity contribution >= 4 is 23.5 Å². The van der Waals surface area contributed by atoms with Crippen LogP contribution in [0, 0.1) is 0 Å². The topological polar surface area (TPSA) is 90.9 Å². The van der Waals surface area contributed by atoms with Gasteiger partial charge in [0, 0.05) is 5.69 Å². The first-order chi connectivity index (χ1) is 13.7. The lowest BCUT2D eigenvalue weighted by Crippen LogP contribution is -2.22. The van der Waals surface area contributed by atoms with Crippen molar-refractivity contribution in [1.82, 2.24) is 0 Å². The summed E-state index contributed by atoms with van der Waals surface area (Å²) in [4.78, 5) is 36.1. The van der Waals surface area contributed by atoms with Crippen molar-refractivity contribution in [1.29, 1.82) is 0 Å². The second-order valence-corrected chi connectivity index (χ2v) is 7.37. The Hall–Kier alpha value is -3.35. The van der Waals surface area contributed by atoms with Crippen LogP contribution in [-0.2, 0) is 19.7 Å². The second-order valence-electron chi connectivity index (χ2n) is 7.37. The molecule has 0 spiro atoms. The first-order valence-corrected chi connectivity index (χ1v) is 8.99. The second kappa shape index (κ2) is 9.23. The zero-order valence-electron chi connectivity index (χ0n) is 17.2. The fourth-order valence-electron chi connectivity index (χ4n) is 2.72. The van der Waals surface area contributed by atoms with Gasteiger partial charge in [-0.05, 0) is 35.2 Å². The average Bonchev–Trinajstić information content (AvgIpc) is 2.70. The Morgan fingerprint density at radius 1 is 0.897 bits per heavy atom. The number of carbonyl (C=O) groups excluding carboxylic acids is 3. The van der Waals surface area contributed by atoms with E-state index in [1.54, 1.807) is 6.07 Å². The lowest BCUT2D eigenvalue weighted by Gasteiger charge is -2.22. The van der Waals surface area contributed by atoms with Crippen molar-refractivity contribution < 1.29 is 28.6 Å². The summed E-state index contributed by atoms with van der Waals surface area (Å²) in [6.07, 6.45) is 0. The maximum atomic E-state index is 12.4.